The average molecular weight is 319 g/mol. The van der Waals surface area contributed by atoms with Crippen LogP contribution in [-0.4, -0.2) is 35.9 Å². The van der Waals surface area contributed by atoms with Gasteiger partial charge in [-0.3, -0.25) is 9.25 Å². The molecule has 1 fully saturated rings. The number of ether oxygens (including phenoxy) is 1. The van der Waals surface area contributed by atoms with E-state index in [2.05, 4.69) is 20.1 Å². The minimum Gasteiger partial charge on any atom is -0.358 e. The van der Waals surface area contributed by atoms with E-state index in [0.717, 1.165) is 31.4 Å². The molecule has 1 unspecified atom stereocenters. The Morgan fingerprint density at radius 3 is 2.95 bits per heavy atom. The summed E-state index contributed by atoms with van der Waals surface area (Å²) in [5, 5.41) is 4.38. The summed E-state index contributed by atoms with van der Waals surface area (Å²) in [6.45, 7) is 0.763. The van der Waals surface area contributed by atoms with Crippen LogP contribution in [0.2, 0.25) is 5.28 Å². The molecule has 0 spiro atoms. The van der Waals surface area contributed by atoms with E-state index in [9.17, 15) is 0 Å². The van der Waals surface area contributed by atoms with Gasteiger partial charge >= 0.3 is 0 Å². The summed E-state index contributed by atoms with van der Waals surface area (Å²) < 4.78 is 9.49. The third-order valence-electron chi connectivity index (χ3n) is 3.84. The van der Waals surface area contributed by atoms with Gasteiger partial charge in [0, 0.05) is 25.4 Å². The second kappa shape index (κ2) is 5.33. The van der Waals surface area contributed by atoms with Gasteiger partial charge in [0.1, 0.15) is 17.4 Å². The normalized spacial score (nSPS) is 18.9. The SMILES string of the molecule is Cn1cc(-c2nc(Cl)nc3c2ncn3C2CCCCO2)cn1. The van der Waals surface area contributed by atoms with E-state index in [4.69, 9.17) is 16.3 Å². The molecule has 0 bridgehead atoms. The lowest BCUT2D eigenvalue weighted by Gasteiger charge is -2.23. The Kier molecular flexibility index (Phi) is 3.31. The van der Waals surface area contributed by atoms with Crippen molar-refractivity contribution in [1.82, 2.24) is 29.3 Å². The van der Waals surface area contributed by atoms with Gasteiger partial charge in [0.15, 0.2) is 5.65 Å². The van der Waals surface area contributed by atoms with Crippen LogP contribution in [0.15, 0.2) is 18.7 Å². The Hall–Kier alpha value is -1.99. The first-order valence-electron chi connectivity index (χ1n) is 7.23. The molecule has 114 valence electrons. The first-order valence-corrected chi connectivity index (χ1v) is 7.61. The van der Waals surface area contributed by atoms with Crippen molar-refractivity contribution in [3.8, 4) is 11.3 Å². The molecule has 1 aliphatic heterocycles. The van der Waals surface area contributed by atoms with Crippen molar-refractivity contribution in [2.75, 3.05) is 6.61 Å². The number of imidazole rings is 1. The van der Waals surface area contributed by atoms with Crippen molar-refractivity contribution >= 4 is 22.8 Å². The van der Waals surface area contributed by atoms with Crippen LogP contribution in [0.1, 0.15) is 25.5 Å². The van der Waals surface area contributed by atoms with Gasteiger partial charge in [-0.2, -0.15) is 10.1 Å². The fraction of sp³-hybridized carbons (Fsp3) is 0.429. The maximum Gasteiger partial charge on any atom is 0.225 e. The highest BCUT2D eigenvalue weighted by molar-refractivity contribution is 6.28. The van der Waals surface area contributed by atoms with Crippen molar-refractivity contribution in [3.63, 3.8) is 0 Å². The quantitative estimate of drug-likeness (QED) is 0.679. The highest BCUT2D eigenvalue weighted by Crippen LogP contribution is 2.30. The highest BCUT2D eigenvalue weighted by atomic mass is 35.5. The monoisotopic (exact) mass is 318 g/mol. The fourth-order valence-corrected chi connectivity index (χ4v) is 2.95. The molecule has 3 aromatic rings. The molecule has 1 aliphatic rings. The van der Waals surface area contributed by atoms with E-state index < -0.39 is 0 Å². The van der Waals surface area contributed by atoms with Crippen LogP contribution in [0.25, 0.3) is 22.4 Å². The molecule has 7 nitrogen and oxygen atoms in total. The number of hydrogen-bond donors (Lipinski definition) is 0. The van der Waals surface area contributed by atoms with Gasteiger partial charge in [-0.25, -0.2) is 9.97 Å². The first kappa shape index (κ1) is 13.7. The van der Waals surface area contributed by atoms with E-state index in [1.165, 1.54) is 0 Å². The molecule has 1 atom stereocenters. The van der Waals surface area contributed by atoms with Crippen molar-refractivity contribution < 1.29 is 4.74 Å². The van der Waals surface area contributed by atoms with Gasteiger partial charge < -0.3 is 4.74 Å². The molecule has 0 radical (unpaired) electrons. The van der Waals surface area contributed by atoms with Crippen molar-refractivity contribution in [1.29, 1.82) is 0 Å². The maximum absolute atomic E-state index is 6.12. The standard InChI is InChI=1S/C14H15ClN6O/c1-20-7-9(6-17-20)11-12-13(19-14(15)18-11)21(8-16-12)10-4-2-3-5-22-10/h6-8,10H,2-5H2,1H3. The molecule has 0 saturated carbocycles. The van der Waals surface area contributed by atoms with E-state index >= 15 is 0 Å². The number of fused-ring (bicyclic) bond motifs is 1. The Morgan fingerprint density at radius 1 is 1.32 bits per heavy atom. The maximum atomic E-state index is 6.12. The molecule has 0 aliphatic carbocycles. The van der Waals surface area contributed by atoms with Crippen molar-refractivity contribution in [2.24, 2.45) is 7.05 Å². The molecule has 0 N–H and O–H groups in total. The van der Waals surface area contributed by atoms with Crippen LogP contribution in [0.4, 0.5) is 0 Å². The van der Waals surface area contributed by atoms with E-state index in [1.807, 2.05) is 17.8 Å². The number of aryl methyl sites for hydroxylation is 1. The number of rotatable bonds is 2. The fourth-order valence-electron chi connectivity index (χ4n) is 2.79. The Balaban J connectivity index is 1.87. The number of hydrogen-bond acceptors (Lipinski definition) is 5. The van der Waals surface area contributed by atoms with Gasteiger partial charge in [0.2, 0.25) is 5.28 Å². The second-order valence-corrected chi connectivity index (χ2v) is 5.73. The number of aromatic nitrogens is 6. The average Bonchev–Trinajstić information content (AvgIpc) is 3.13. The van der Waals surface area contributed by atoms with Crippen molar-refractivity contribution in [2.45, 2.75) is 25.5 Å². The Labute approximate surface area is 131 Å². The lowest BCUT2D eigenvalue weighted by Crippen LogP contribution is -2.17. The van der Waals surface area contributed by atoms with Gasteiger partial charge in [-0.05, 0) is 30.9 Å². The van der Waals surface area contributed by atoms with Gasteiger partial charge in [-0.1, -0.05) is 0 Å². The van der Waals surface area contributed by atoms with Crippen LogP contribution in [0, 0.1) is 0 Å². The molecule has 4 rings (SSSR count). The summed E-state index contributed by atoms with van der Waals surface area (Å²) >= 11 is 6.12. The molecule has 0 aromatic carbocycles. The zero-order valence-corrected chi connectivity index (χ0v) is 12.9. The highest BCUT2D eigenvalue weighted by Gasteiger charge is 2.21. The van der Waals surface area contributed by atoms with Gasteiger partial charge in [0.25, 0.3) is 0 Å². The topological polar surface area (TPSA) is 70.7 Å². The molecule has 22 heavy (non-hydrogen) atoms. The lowest BCUT2D eigenvalue weighted by atomic mass is 10.2. The molecule has 3 aromatic heterocycles. The Bertz CT molecular complexity index is 820. The molecular formula is C14H15ClN6O. The summed E-state index contributed by atoms with van der Waals surface area (Å²) in [5.74, 6) is 0. The zero-order valence-electron chi connectivity index (χ0n) is 12.1. The molecule has 0 amide bonds. The summed E-state index contributed by atoms with van der Waals surface area (Å²) in [5.41, 5.74) is 2.97. The van der Waals surface area contributed by atoms with Gasteiger partial charge in [0.05, 0.1) is 12.5 Å². The smallest absolute Gasteiger partial charge is 0.225 e. The van der Waals surface area contributed by atoms with Crippen molar-refractivity contribution in [3.05, 3.63) is 24.0 Å². The van der Waals surface area contributed by atoms with E-state index in [-0.39, 0.29) is 11.5 Å². The van der Waals surface area contributed by atoms with Gasteiger partial charge in [-0.15, -0.1) is 0 Å². The largest absolute Gasteiger partial charge is 0.358 e. The predicted octanol–water partition coefficient (Wildman–Crippen LogP) is 2.58. The molecule has 1 saturated heterocycles. The lowest BCUT2D eigenvalue weighted by molar-refractivity contribution is -0.0298. The summed E-state index contributed by atoms with van der Waals surface area (Å²) in [7, 11) is 1.86. The van der Waals surface area contributed by atoms with Crippen LogP contribution >= 0.6 is 11.6 Å². The second-order valence-electron chi connectivity index (χ2n) is 5.39. The number of nitrogens with zero attached hydrogens (tertiary/aromatic N) is 6. The molecule has 8 heteroatoms. The summed E-state index contributed by atoms with van der Waals surface area (Å²) in [6.07, 6.45) is 8.54. The third kappa shape index (κ3) is 2.26. The number of halogens is 1. The van der Waals surface area contributed by atoms with Crippen LogP contribution in [-0.2, 0) is 11.8 Å². The molecular weight excluding hydrogens is 304 g/mol. The van der Waals surface area contributed by atoms with Crippen LogP contribution in [0.5, 0.6) is 0 Å². The summed E-state index contributed by atoms with van der Waals surface area (Å²) in [4.78, 5) is 13.2. The van der Waals surface area contributed by atoms with E-state index in [0.29, 0.717) is 16.9 Å². The molecule has 4 heterocycles. The first-order chi connectivity index (χ1) is 10.7. The predicted molar refractivity (Wildman–Crippen MR) is 81.4 cm³/mol. The van der Waals surface area contributed by atoms with Crippen LogP contribution in [0.3, 0.4) is 0 Å². The summed E-state index contributed by atoms with van der Waals surface area (Å²) in [6, 6.07) is 0. The minimum absolute atomic E-state index is 0.0357. The third-order valence-corrected chi connectivity index (χ3v) is 4.01. The Morgan fingerprint density at radius 2 is 2.23 bits per heavy atom. The zero-order chi connectivity index (χ0) is 15.1. The van der Waals surface area contributed by atoms with Crippen LogP contribution < -0.4 is 0 Å². The minimum atomic E-state index is -0.0357. The van der Waals surface area contributed by atoms with E-state index in [1.54, 1.807) is 17.2 Å².